The van der Waals surface area contributed by atoms with E-state index in [1.54, 1.807) is 12.1 Å². The number of rotatable bonds is 11. The van der Waals surface area contributed by atoms with Gasteiger partial charge < -0.3 is 8.83 Å². The molecule has 8 rings (SSSR count). The Bertz CT molecular complexity index is 3300. The number of fused-ring (bicyclic) bond motifs is 6. The Morgan fingerprint density at radius 3 is 2.13 bits per heavy atom. The lowest BCUT2D eigenvalue weighted by molar-refractivity contribution is 0.669. The predicted molar refractivity (Wildman–Crippen MR) is 268 cm³/mol. The lowest BCUT2D eigenvalue weighted by atomic mass is 9.65. The van der Waals surface area contributed by atoms with Crippen LogP contribution < -0.4 is 43.7 Å². The Balaban J connectivity index is 1.49. The molecule has 13 heteroatoms. The minimum absolute atomic E-state index is 0.103. The van der Waals surface area contributed by atoms with Gasteiger partial charge in [0.1, 0.15) is 85.1 Å². The highest BCUT2D eigenvalue weighted by Gasteiger charge is 2.26. The van der Waals surface area contributed by atoms with Crippen molar-refractivity contribution in [3.8, 4) is 33.9 Å². The molecule has 0 saturated carbocycles. The van der Waals surface area contributed by atoms with Crippen LogP contribution in [0.5, 0.6) is 0 Å². The number of aromatic nitrogens is 3. The summed E-state index contributed by atoms with van der Waals surface area (Å²) in [5, 5.41) is 2.84. The van der Waals surface area contributed by atoms with Gasteiger partial charge in [-0.15, -0.1) is 33.9 Å². The molecule has 62 heavy (non-hydrogen) atoms. The maximum Gasteiger partial charge on any atom is 0.165 e. The zero-order valence-electron chi connectivity index (χ0n) is 34.4. The Labute approximate surface area is 371 Å². The molecule has 0 fully saturated rings. The summed E-state index contributed by atoms with van der Waals surface area (Å²) in [5.74, 6) is 0.731. The first kappa shape index (κ1) is 42.4. The summed E-state index contributed by atoms with van der Waals surface area (Å²) in [7, 11) is 52.0. The molecule has 0 saturated heterocycles. The van der Waals surface area contributed by atoms with Crippen molar-refractivity contribution in [2.45, 2.75) is 26.7 Å². The minimum atomic E-state index is 0.103. The van der Waals surface area contributed by atoms with Gasteiger partial charge in [0, 0.05) is 32.7 Å². The molecule has 0 bridgehead atoms. The number of para-hydroxylation sites is 1. The summed E-state index contributed by atoms with van der Waals surface area (Å²) < 4.78 is 12.8. The highest BCUT2D eigenvalue weighted by molar-refractivity contribution is 6.63. The molecule has 0 spiro atoms. The van der Waals surface area contributed by atoms with Crippen molar-refractivity contribution in [3.05, 3.63) is 133 Å². The fourth-order valence-corrected chi connectivity index (χ4v) is 7.60. The van der Waals surface area contributed by atoms with Crippen LogP contribution in [0.15, 0.2) is 136 Å². The van der Waals surface area contributed by atoms with E-state index in [1.165, 1.54) is 0 Å². The van der Waals surface area contributed by atoms with Gasteiger partial charge in [-0.25, -0.2) is 15.0 Å². The third-order valence-electron chi connectivity index (χ3n) is 10.9. The van der Waals surface area contributed by atoms with Crippen LogP contribution in [0.1, 0.15) is 32.5 Å². The average molecular weight is 780 g/mol. The molecule has 5 nitrogen and oxygen atoms in total. The topological polar surface area (TPSA) is 65.0 Å². The molecule has 0 unspecified atom stereocenters. The van der Waals surface area contributed by atoms with Crippen LogP contribution in [0.25, 0.3) is 83.4 Å². The van der Waals surface area contributed by atoms with Crippen molar-refractivity contribution in [1.82, 2.24) is 15.0 Å². The number of allylic oxidation sites excluding steroid dienone is 10. The summed E-state index contributed by atoms with van der Waals surface area (Å²) in [6, 6.07) is 18.8. The predicted octanol–water partition coefficient (Wildman–Crippen LogP) is 4.01. The van der Waals surface area contributed by atoms with E-state index in [1.807, 2.05) is 91.9 Å². The van der Waals surface area contributed by atoms with Crippen molar-refractivity contribution < 1.29 is 8.83 Å². The Kier molecular flexibility index (Phi) is 11.8. The highest BCUT2D eigenvalue weighted by Crippen LogP contribution is 2.44. The van der Waals surface area contributed by atoms with Gasteiger partial charge >= 0.3 is 0 Å². The summed E-state index contributed by atoms with van der Waals surface area (Å²) in [5.41, 5.74) is 8.34. The van der Waals surface area contributed by atoms with Gasteiger partial charge in [0.15, 0.2) is 17.5 Å². The number of hydrogen-bond donors (Lipinski definition) is 0. The molecular formula is C49H31B8N3O2. The maximum atomic E-state index is 6.92. The second-order valence-electron chi connectivity index (χ2n) is 15.0. The largest absolute Gasteiger partial charge is 0.457 e. The first-order chi connectivity index (χ1) is 29.8. The van der Waals surface area contributed by atoms with Gasteiger partial charge in [0.05, 0.1) is 0 Å². The molecule has 0 atom stereocenters. The van der Waals surface area contributed by atoms with Crippen LogP contribution in [0, 0.1) is 0 Å². The van der Waals surface area contributed by atoms with E-state index in [9.17, 15) is 0 Å². The average Bonchev–Trinajstić information content (AvgIpc) is 3.85. The SMILES string of the molecule is [B]c1cc(-c2nc(/C(C)=C/C=C(\CC=C)C(=C)/C=C\C=C/CC)nc(-c3c(-c4cccc5oc6ccccc6c45)cc([B])c4oc5c([B])c([B])c([B])cc5c34)n2)c([B])c([B])c1[B]. The van der Waals surface area contributed by atoms with Gasteiger partial charge in [0.25, 0.3) is 0 Å². The van der Waals surface area contributed by atoms with E-state index < -0.39 is 0 Å². The normalized spacial score (nSPS) is 12.5. The van der Waals surface area contributed by atoms with Gasteiger partial charge in [-0.2, -0.15) is 0 Å². The van der Waals surface area contributed by atoms with E-state index in [2.05, 4.69) is 26.2 Å². The van der Waals surface area contributed by atoms with Gasteiger partial charge in [-0.1, -0.05) is 121 Å². The van der Waals surface area contributed by atoms with Crippen molar-refractivity contribution in [3.63, 3.8) is 0 Å². The molecule has 278 valence electrons. The van der Waals surface area contributed by atoms with E-state index in [4.69, 9.17) is 86.6 Å². The van der Waals surface area contributed by atoms with E-state index in [0.29, 0.717) is 73.1 Å². The molecule has 0 aliphatic carbocycles. The third-order valence-corrected chi connectivity index (χ3v) is 10.9. The van der Waals surface area contributed by atoms with Crippen LogP contribution in [0.2, 0.25) is 0 Å². The fraction of sp³-hybridized carbons (Fsp3) is 0.0816. The van der Waals surface area contributed by atoms with Gasteiger partial charge in [0.2, 0.25) is 0 Å². The molecule has 3 aromatic heterocycles. The zero-order valence-corrected chi connectivity index (χ0v) is 34.4. The first-order valence-electron chi connectivity index (χ1n) is 19.9. The smallest absolute Gasteiger partial charge is 0.165 e. The van der Waals surface area contributed by atoms with Gasteiger partial charge in [-0.05, 0) is 59.7 Å². The van der Waals surface area contributed by atoms with Crippen molar-refractivity contribution in [1.29, 1.82) is 0 Å². The molecule has 8 aromatic rings. The van der Waals surface area contributed by atoms with Crippen molar-refractivity contribution in [2.75, 3.05) is 0 Å². The molecule has 3 heterocycles. The Hall–Kier alpha value is -6.33. The lowest BCUT2D eigenvalue weighted by Gasteiger charge is -2.18. The molecule has 0 aliphatic rings. The fourth-order valence-electron chi connectivity index (χ4n) is 7.60. The molecule has 0 amide bonds. The quantitative estimate of drug-likeness (QED) is 0.113. The number of nitrogens with zero attached hydrogens (tertiary/aromatic N) is 3. The Morgan fingerprint density at radius 1 is 0.645 bits per heavy atom. The summed E-state index contributed by atoms with van der Waals surface area (Å²) in [6.07, 6.45) is 15.2. The third kappa shape index (κ3) is 7.52. The number of benzene rings is 5. The van der Waals surface area contributed by atoms with E-state index in [-0.39, 0.29) is 49.9 Å². The van der Waals surface area contributed by atoms with Crippen molar-refractivity contribution in [2.24, 2.45) is 0 Å². The lowest BCUT2D eigenvalue weighted by Crippen LogP contribution is -2.48. The second-order valence-corrected chi connectivity index (χ2v) is 15.0. The van der Waals surface area contributed by atoms with E-state index >= 15 is 0 Å². The van der Waals surface area contributed by atoms with Crippen LogP contribution >= 0.6 is 0 Å². The summed E-state index contributed by atoms with van der Waals surface area (Å²) in [6.45, 7) is 12.3. The number of furan rings is 2. The Morgan fingerprint density at radius 2 is 1.35 bits per heavy atom. The van der Waals surface area contributed by atoms with Crippen LogP contribution in [-0.4, -0.2) is 77.7 Å². The zero-order chi connectivity index (χ0) is 44.0. The van der Waals surface area contributed by atoms with Gasteiger partial charge in [-0.3, -0.25) is 0 Å². The van der Waals surface area contributed by atoms with Crippen LogP contribution in [0.4, 0.5) is 0 Å². The number of hydrogen-bond acceptors (Lipinski definition) is 5. The maximum absolute atomic E-state index is 6.92. The minimum Gasteiger partial charge on any atom is -0.457 e. The molecule has 5 aromatic carbocycles. The highest BCUT2D eigenvalue weighted by atomic mass is 16.3. The van der Waals surface area contributed by atoms with E-state index in [0.717, 1.165) is 33.9 Å². The van der Waals surface area contributed by atoms with Crippen molar-refractivity contribution >= 4 is 156 Å². The standard InChI is InChI=1S/C49H31B8N3O2/c1-5-7-8-9-14-24(3)26(13-6-2)20-19-25(4)47-58-48(31-23-33(51)41(54)43(56)40(31)53)60-49(59-47)39-29(27-16-12-18-36-37(27)28-15-10-11-17-35(28)61-36)21-34(52)46-38(39)30-22-32(50)42(55)44(57)45(30)62-46/h6-12,14-23H,2-3,5,13H2,1,4H3/b8-7-,14-9-,25-19+,26-20+. The van der Waals surface area contributed by atoms with Crippen LogP contribution in [-0.2, 0) is 0 Å². The monoisotopic (exact) mass is 781 g/mol. The first-order valence-corrected chi connectivity index (χ1v) is 19.9. The molecule has 16 radical (unpaired) electrons. The summed E-state index contributed by atoms with van der Waals surface area (Å²) in [4.78, 5) is 15.3. The summed E-state index contributed by atoms with van der Waals surface area (Å²) >= 11 is 0. The molecular weight excluding hydrogens is 749 g/mol. The molecule has 0 aliphatic heterocycles. The van der Waals surface area contributed by atoms with Crippen LogP contribution in [0.3, 0.4) is 0 Å². The molecule has 0 N–H and O–H groups in total. The second kappa shape index (κ2) is 17.2.